The highest BCUT2D eigenvalue weighted by Crippen LogP contribution is 2.40. The Hall–Kier alpha value is -3.51. The lowest BCUT2D eigenvalue weighted by Crippen LogP contribution is -2.46. The van der Waals surface area contributed by atoms with Crippen molar-refractivity contribution < 1.29 is 14.3 Å². The van der Waals surface area contributed by atoms with Gasteiger partial charge in [0.2, 0.25) is 0 Å². The fourth-order valence-corrected chi connectivity index (χ4v) is 5.86. The van der Waals surface area contributed by atoms with E-state index in [1.807, 2.05) is 44.2 Å². The number of anilines is 1. The predicted octanol–water partition coefficient (Wildman–Crippen LogP) is 8.01. The van der Waals surface area contributed by atoms with Crippen molar-refractivity contribution in [3.63, 3.8) is 0 Å². The normalized spacial score (nSPS) is 15.1. The summed E-state index contributed by atoms with van der Waals surface area (Å²) >= 11 is 0. The van der Waals surface area contributed by atoms with Crippen molar-refractivity contribution in [2.24, 2.45) is 0 Å². The second-order valence-corrected chi connectivity index (χ2v) is 10.8. The Bertz CT molecular complexity index is 1260. The molecular weight excluding hydrogens is 534 g/mol. The van der Waals surface area contributed by atoms with Gasteiger partial charge in [-0.1, -0.05) is 89.9 Å². The number of methoxy groups -OCH3 is 2. The monoisotopic (exact) mass is 587 g/mol. The van der Waals surface area contributed by atoms with Crippen molar-refractivity contribution in [1.82, 2.24) is 9.80 Å². The standard InChI is InChI=1S/C27H37N3O3.C8H10.C2H6/c1-5-7-10-23(20-12-13-25(32-3)26(18-20)33-4)30-19-22-21(27(30)31)9-8-11-24(22)29-16-14-28(6-2)15-17-29;1-2-8-6-4-3-5-7-8;1-2/h8-9,11-13,18,23H,5-7,10,14-17,19H2,1-4H3;3-7H,2H2,1H3;1-2H3/t23-;;/m1../s1. The molecule has 1 atom stereocenters. The molecule has 0 radical (unpaired) electrons. The lowest BCUT2D eigenvalue weighted by molar-refractivity contribution is 0.0688. The highest BCUT2D eigenvalue weighted by atomic mass is 16.5. The van der Waals surface area contributed by atoms with Crippen LogP contribution >= 0.6 is 0 Å². The third kappa shape index (κ3) is 8.54. The van der Waals surface area contributed by atoms with Crippen LogP contribution in [0, 0.1) is 0 Å². The van der Waals surface area contributed by atoms with Crippen LogP contribution in [0.2, 0.25) is 0 Å². The van der Waals surface area contributed by atoms with Crippen molar-refractivity contribution in [3.05, 3.63) is 89.0 Å². The summed E-state index contributed by atoms with van der Waals surface area (Å²) in [4.78, 5) is 20.6. The van der Waals surface area contributed by atoms with E-state index in [4.69, 9.17) is 9.47 Å². The van der Waals surface area contributed by atoms with E-state index in [9.17, 15) is 4.79 Å². The SMILES string of the molecule is CC.CCCC[C@H](c1ccc(OC)c(OC)c1)N1Cc2c(cccc2N2CCN(CC)CC2)C1=O.CCc1ccccc1. The molecule has 6 heteroatoms. The Morgan fingerprint density at radius 2 is 1.51 bits per heavy atom. The number of rotatable bonds is 10. The number of hydrogen-bond donors (Lipinski definition) is 0. The quantitative estimate of drug-likeness (QED) is 0.240. The summed E-state index contributed by atoms with van der Waals surface area (Å²) in [6.07, 6.45) is 4.22. The Balaban J connectivity index is 0.000000433. The Kier molecular flexibility index (Phi) is 13.9. The fourth-order valence-electron chi connectivity index (χ4n) is 5.86. The number of aryl methyl sites for hydroxylation is 1. The maximum absolute atomic E-state index is 13.6. The summed E-state index contributed by atoms with van der Waals surface area (Å²) in [5, 5.41) is 0. The van der Waals surface area contributed by atoms with Crippen LogP contribution in [0.4, 0.5) is 5.69 Å². The number of carbonyl (C=O) groups excluding carboxylic acids is 1. The van der Waals surface area contributed by atoms with Gasteiger partial charge in [0.05, 0.1) is 20.3 Å². The summed E-state index contributed by atoms with van der Waals surface area (Å²) in [5.41, 5.74) is 5.76. The van der Waals surface area contributed by atoms with Gasteiger partial charge in [-0.2, -0.15) is 0 Å². The number of nitrogens with zero attached hydrogens (tertiary/aromatic N) is 3. The number of benzene rings is 3. The van der Waals surface area contributed by atoms with Crippen LogP contribution < -0.4 is 14.4 Å². The maximum Gasteiger partial charge on any atom is 0.255 e. The van der Waals surface area contributed by atoms with Crippen LogP contribution in [-0.4, -0.2) is 62.7 Å². The Morgan fingerprint density at radius 1 is 0.814 bits per heavy atom. The minimum absolute atomic E-state index is 0.00875. The van der Waals surface area contributed by atoms with Crippen LogP contribution in [0.3, 0.4) is 0 Å². The van der Waals surface area contributed by atoms with Crippen LogP contribution in [0.15, 0.2) is 66.7 Å². The average Bonchev–Trinajstić information content (AvgIpc) is 3.42. The molecule has 1 amide bonds. The molecule has 0 saturated carbocycles. The van der Waals surface area contributed by atoms with E-state index in [0.717, 1.165) is 69.5 Å². The van der Waals surface area contributed by atoms with Gasteiger partial charge in [-0.25, -0.2) is 0 Å². The predicted molar refractivity (Wildman–Crippen MR) is 180 cm³/mol. The number of hydrogen-bond acceptors (Lipinski definition) is 5. The smallest absolute Gasteiger partial charge is 0.255 e. The first kappa shape index (κ1) is 34.0. The number of carbonyl (C=O) groups is 1. The van der Waals surface area contributed by atoms with Crippen molar-refractivity contribution >= 4 is 11.6 Å². The number of fused-ring (bicyclic) bond motifs is 1. The zero-order valence-electron chi connectivity index (χ0n) is 27.6. The summed E-state index contributed by atoms with van der Waals surface area (Å²) in [5.74, 6) is 1.55. The van der Waals surface area contributed by atoms with Gasteiger partial charge < -0.3 is 24.2 Å². The first-order valence-electron chi connectivity index (χ1n) is 16.2. The van der Waals surface area contributed by atoms with Gasteiger partial charge in [0.1, 0.15) is 0 Å². The molecule has 3 aromatic rings. The van der Waals surface area contributed by atoms with Gasteiger partial charge >= 0.3 is 0 Å². The molecule has 2 aliphatic rings. The van der Waals surface area contributed by atoms with Crippen molar-refractivity contribution in [2.75, 3.05) is 51.8 Å². The molecule has 0 aliphatic carbocycles. The Morgan fingerprint density at radius 3 is 2.09 bits per heavy atom. The summed E-state index contributed by atoms with van der Waals surface area (Å²) < 4.78 is 11.0. The fraction of sp³-hybridized carbons (Fsp3) is 0.486. The second-order valence-electron chi connectivity index (χ2n) is 10.8. The number of piperazine rings is 1. The summed E-state index contributed by atoms with van der Waals surface area (Å²) in [6, 6.07) is 22.7. The first-order chi connectivity index (χ1) is 21.0. The third-order valence-corrected chi connectivity index (χ3v) is 8.38. The van der Waals surface area contributed by atoms with Crippen LogP contribution in [0.25, 0.3) is 0 Å². The highest BCUT2D eigenvalue weighted by Gasteiger charge is 2.36. The lowest BCUT2D eigenvalue weighted by atomic mass is 9.99. The average molecular weight is 588 g/mol. The number of unbranched alkanes of at least 4 members (excludes halogenated alkanes) is 1. The van der Waals surface area contributed by atoms with E-state index in [1.165, 1.54) is 16.8 Å². The van der Waals surface area contributed by atoms with E-state index < -0.39 is 0 Å². The van der Waals surface area contributed by atoms with Crippen LogP contribution in [0.5, 0.6) is 11.5 Å². The van der Waals surface area contributed by atoms with Crippen molar-refractivity contribution in [2.45, 2.75) is 72.9 Å². The van der Waals surface area contributed by atoms with Gasteiger partial charge in [0.25, 0.3) is 5.91 Å². The molecule has 0 aromatic heterocycles. The molecule has 0 spiro atoms. The molecular formula is C37H53N3O3. The van der Waals surface area contributed by atoms with Crippen molar-refractivity contribution in [3.8, 4) is 11.5 Å². The third-order valence-electron chi connectivity index (χ3n) is 8.38. The lowest BCUT2D eigenvalue weighted by Gasteiger charge is -2.36. The summed E-state index contributed by atoms with van der Waals surface area (Å²) in [6.45, 7) is 16.5. The molecule has 43 heavy (non-hydrogen) atoms. The molecule has 0 unspecified atom stereocenters. The van der Waals surface area contributed by atoms with E-state index >= 15 is 0 Å². The second kappa shape index (κ2) is 17.6. The van der Waals surface area contributed by atoms with Gasteiger partial charge in [-0.3, -0.25) is 4.79 Å². The maximum atomic E-state index is 13.6. The van der Waals surface area contributed by atoms with E-state index in [1.54, 1.807) is 14.2 Å². The molecule has 2 aliphatic heterocycles. The van der Waals surface area contributed by atoms with E-state index in [0.29, 0.717) is 18.0 Å². The van der Waals surface area contributed by atoms with Crippen LogP contribution in [0.1, 0.15) is 87.0 Å². The van der Waals surface area contributed by atoms with Gasteiger partial charge in [-0.05, 0) is 54.8 Å². The molecule has 6 nitrogen and oxygen atoms in total. The topological polar surface area (TPSA) is 45.3 Å². The number of amides is 1. The van der Waals surface area contributed by atoms with Gasteiger partial charge in [0.15, 0.2) is 11.5 Å². The molecule has 5 rings (SSSR count). The minimum Gasteiger partial charge on any atom is -0.493 e. The zero-order chi connectivity index (χ0) is 31.2. The van der Waals surface area contributed by atoms with Gasteiger partial charge in [0, 0.05) is 49.5 Å². The number of likely N-dealkylation sites (N-methyl/N-ethyl adjacent to an activating group) is 1. The Labute approximate surface area is 260 Å². The molecule has 0 bridgehead atoms. The summed E-state index contributed by atoms with van der Waals surface area (Å²) in [7, 11) is 3.30. The minimum atomic E-state index is 0.00875. The zero-order valence-corrected chi connectivity index (χ0v) is 27.6. The molecule has 0 N–H and O–H groups in total. The van der Waals surface area contributed by atoms with E-state index in [2.05, 4.69) is 71.9 Å². The molecule has 1 fully saturated rings. The molecule has 2 heterocycles. The molecule has 234 valence electrons. The van der Waals surface area contributed by atoms with Gasteiger partial charge in [-0.15, -0.1) is 0 Å². The first-order valence-corrected chi connectivity index (χ1v) is 16.2. The van der Waals surface area contributed by atoms with E-state index in [-0.39, 0.29) is 11.9 Å². The largest absolute Gasteiger partial charge is 0.493 e. The van der Waals surface area contributed by atoms with Crippen LogP contribution in [-0.2, 0) is 13.0 Å². The molecule has 3 aromatic carbocycles. The highest BCUT2D eigenvalue weighted by molar-refractivity contribution is 6.00. The number of ether oxygens (including phenoxy) is 2. The molecule has 1 saturated heterocycles. The van der Waals surface area contributed by atoms with Crippen molar-refractivity contribution in [1.29, 1.82) is 0 Å².